The predicted molar refractivity (Wildman–Crippen MR) is 137 cm³/mol. The van der Waals surface area contributed by atoms with Crippen molar-refractivity contribution in [2.75, 3.05) is 6.61 Å². The van der Waals surface area contributed by atoms with Crippen molar-refractivity contribution in [1.29, 1.82) is 0 Å². The fourth-order valence-corrected chi connectivity index (χ4v) is 7.38. The van der Waals surface area contributed by atoms with Gasteiger partial charge in [0.2, 0.25) is 5.82 Å². The maximum atomic E-state index is 14.7. The van der Waals surface area contributed by atoms with Gasteiger partial charge in [-0.15, -0.1) is 0 Å². The average Bonchev–Trinajstić information content (AvgIpc) is 2.88. The predicted octanol–water partition coefficient (Wildman–Crippen LogP) is 9.61. The molecule has 0 atom stereocenters. The Labute approximate surface area is 206 Å². The lowest BCUT2D eigenvalue weighted by Gasteiger charge is -2.41. The zero-order valence-electron chi connectivity index (χ0n) is 21.5. The van der Waals surface area contributed by atoms with Gasteiger partial charge in [0, 0.05) is 0 Å². The van der Waals surface area contributed by atoms with Gasteiger partial charge in [-0.25, -0.2) is 4.39 Å². The molecule has 0 N–H and O–H groups in total. The summed E-state index contributed by atoms with van der Waals surface area (Å²) in [7, 11) is 0. The first-order valence-corrected chi connectivity index (χ1v) is 14.4. The van der Waals surface area contributed by atoms with Crippen LogP contribution in [-0.2, 0) is 0 Å². The molecule has 0 spiro atoms. The van der Waals surface area contributed by atoms with Crippen LogP contribution in [0.25, 0.3) is 0 Å². The van der Waals surface area contributed by atoms with Gasteiger partial charge in [-0.3, -0.25) is 0 Å². The van der Waals surface area contributed by atoms with Gasteiger partial charge in [-0.05, 0) is 138 Å². The van der Waals surface area contributed by atoms with Crippen molar-refractivity contribution >= 4 is 0 Å². The van der Waals surface area contributed by atoms with Crippen molar-refractivity contribution in [2.45, 2.75) is 110 Å². The van der Waals surface area contributed by atoms with Gasteiger partial charge < -0.3 is 4.74 Å². The summed E-state index contributed by atoms with van der Waals surface area (Å²) in [6.07, 6.45) is 23.0. The van der Waals surface area contributed by atoms with Crippen molar-refractivity contribution in [3.63, 3.8) is 0 Å². The molecule has 0 aliphatic heterocycles. The second-order valence-electron chi connectivity index (χ2n) is 11.4. The maximum Gasteiger partial charge on any atom is 0.200 e. The topological polar surface area (TPSA) is 9.23 Å². The summed E-state index contributed by atoms with van der Waals surface area (Å²) in [4.78, 5) is 0. The first kappa shape index (κ1) is 25.7. The Morgan fingerprint density at radius 2 is 1.26 bits per heavy atom. The molecule has 1 aromatic rings. The molecule has 0 aromatic heterocycles. The van der Waals surface area contributed by atoms with Crippen molar-refractivity contribution in [3.8, 4) is 5.75 Å². The molecule has 3 heteroatoms. The Balaban J connectivity index is 1.21. The highest BCUT2D eigenvalue weighted by Gasteiger charge is 2.35. The lowest BCUT2D eigenvalue weighted by Crippen LogP contribution is -2.29. The molecule has 190 valence electrons. The molecule has 0 bridgehead atoms. The van der Waals surface area contributed by atoms with E-state index in [-0.39, 0.29) is 11.7 Å². The fourth-order valence-electron chi connectivity index (χ4n) is 7.38. The van der Waals surface area contributed by atoms with Crippen molar-refractivity contribution in [3.05, 3.63) is 41.5 Å². The summed E-state index contributed by atoms with van der Waals surface area (Å²) in [5, 5.41) is 0. The Morgan fingerprint density at radius 1 is 0.735 bits per heavy atom. The van der Waals surface area contributed by atoms with Gasteiger partial charge in [-0.2, -0.15) is 4.39 Å². The van der Waals surface area contributed by atoms with Crippen molar-refractivity contribution in [2.24, 2.45) is 29.6 Å². The van der Waals surface area contributed by atoms with Crippen LogP contribution < -0.4 is 4.74 Å². The van der Waals surface area contributed by atoms with E-state index >= 15 is 0 Å². The van der Waals surface area contributed by atoms with E-state index < -0.39 is 11.6 Å². The molecule has 4 rings (SSSR count). The third-order valence-corrected chi connectivity index (χ3v) is 9.42. The van der Waals surface area contributed by atoms with E-state index in [1.54, 1.807) is 19.1 Å². The van der Waals surface area contributed by atoms with E-state index in [4.69, 9.17) is 4.74 Å². The molecule has 0 amide bonds. The number of allylic oxidation sites excluding steroid dienone is 2. The van der Waals surface area contributed by atoms with Crippen LogP contribution in [0.5, 0.6) is 5.75 Å². The third kappa shape index (κ3) is 6.24. The van der Waals surface area contributed by atoms with Gasteiger partial charge in [0.15, 0.2) is 11.6 Å². The molecule has 0 unspecified atom stereocenters. The first-order chi connectivity index (χ1) is 16.6. The van der Waals surface area contributed by atoms with Gasteiger partial charge in [0.05, 0.1) is 6.61 Å². The quantitative estimate of drug-likeness (QED) is 0.342. The van der Waals surface area contributed by atoms with Crippen molar-refractivity contribution in [1.82, 2.24) is 0 Å². The fraction of sp³-hybridized carbons (Fsp3) is 0.742. The summed E-state index contributed by atoms with van der Waals surface area (Å²) in [5.74, 6) is 3.08. The molecular formula is C31H46F2O. The van der Waals surface area contributed by atoms with E-state index in [2.05, 4.69) is 19.1 Å². The molecule has 3 fully saturated rings. The highest BCUT2D eigenvalue weighted by Crippen LogP contribution is 2.47. The number of halogens is 2. The van der Waals surface area contributed by atoms with Crippen LogP contribution in [0.4, 0.5) is 8.78 Å². The summed E-state index contributed by atoms with van der Waals surface area (Å²) in [6, 6.07) is 3.37. The number of hydrogen-bond donors (Lipinski definition) is 0. The Kier molecular flexibility index (Phi) is 9.48. The number of unbranched alkanes of at least 4 members (excludes halogenated alkanes) is 1. The van der Waals surface area contributed by atoms with Crippen LogP contribution in [0.1, 0.15) is 115 Å². The smallest absolute Gasteiger partial charge is 0.200 e. The normalized spacial score (nSPS) is 32.7. The second kappa shape index (κ2) is 12.5. The van der Waals surface area contributed by atoms with Gasteiger partial charge >= 0.3 is 0 Å². The molecule has 34 heavy (non-hydrogen) atoms. The van der Waals surface area contributed by atoms with Gasteiger partial charge in [0.1, 0.15) is 0 Å². The first-order valence-electron chi connectivity index (χ1n) is 14.4. The van der Waals surface area contributed by atoms with Crippen LogP contribution in [0.2, 0.25) is 0 Å². The van der Waals surface area contributed by atoms with Crippen LogP contribution in [-0.4, -0.2) is 6.61 Å². The Bertz CT molecular complexity index is 779. The van der Waals surface area contributed by atoms with E-state index in [0.29, 0.717) is 12.2 Å². The molecule has 3 saturated carbocycles. The number of rotatable bonds is 8. The SMILES string of the molecule is CCCC=CC1CCC(C2CCC(C3CCC(c4ccc(OCC)c(F)c4F)CC3)CC2)CC1. The highest BCUT2D eigenvalue weighted by molar-refractivity contribution is 5.33. The number of benzene rings is 1. The maximum absolute atomic E-state index is 14.7. The van der Waals surface area contributed by atoms with Crippen LogP contribution >= 0.6 is 0 Å². The highest BCUT2D eigenvalue weighted by atomic mass is 19.2. The summed E-state index contributed by atoms with van der Waals surface area (Å²) < 4.78 is 34.2. The molecule has 3 aliphatic rings. The van der Waals surface area contributed by atoms with Gasteiger partial charge in [0.25, 0.3) is 0 Å². The van der Waals surface area contributed by atoms with E-state index in [1.165, 1.54) is 77.0 Å². The van der Waals surface area contributed by atoms with Crippen molar-refractivity contribution < 1.29 is 13.5 Å². The Hall–Kier alpha value is -1.38. The van der Waals surface area contributed by atoms with E-state index in [9.17, 15) is 8.78 Å². The minimum atomic E-state index is -0.814. The monoisotopic (exact) mass is 472 g/mol. The Morgan fingerprint density at radius 3 is 1.79 bits per heavy atom. The van der Waals surface area contributed by atoms with E-state index in [1.807, 2.05) is 0 Å². The molecule has 0 heterocycles. The third-order valence-electron chi connectivity index (χ3n) is 9.42. The second-order valence-corrected chi connectivity index (χ2v) is 11.4. The molecule has 0 saturated heterocycles. The summed E-state index contributed by atoms with van der Waals surface area (Å²) >= 11 is 0. The standard InChI is InChI=1S/C31H46F2O/c1-3-5-6-7-22-8-10-23(11-9-22)24-12-14-25(15-13-24)26-16-18-27(19-17-26)28-20-21-29(34-4-2)31(33)30(28)32/h6-7,20-27H,3-5,8-19H2,1-2H3. The zero-order chi connectivity index (χ0) is 23.9. The minimum absolute atomic E-state index is 0.0376. The van der Waals surface area contributed by atoms with Crippen LogP contribution in [0.3, 0.4) is 0 Å². The summed E-state index contributed by atoms with van der Waals surface area (Å²) in [6.45, 7) is 4.39. The lowest BCUT2D eigenvalue weighted by molar-refractivity contribution is 0.114. The van der Waals surface area contributed by atoms with E-state index in [0.717, 1.165) is 42.4 Å². The average molecular weight is 473 g/mol. The number of ether oxygens (including phenoxy) is 1. The minimum Gasteiger partial charge on any atom is -0.491 e. The van der Waals surface area contributed by atoms with Crippen LogP contribution in [0, 0.1) is 41.2 Å². The molecule has 1 aromatic carbocycles. The molecule has 0 radical (unpaired) electrons. The number of hydrogen-bond acceptors (Lipinski definition) is 1. The van der Waals surface area contributed by atoms with Crippen LogP contribution in [0.15, 0.2) is 24.3 Å². The molecule has 3 aliphatic carbocycles. The zero-order valence-corrected chi connectivity index (χ0v) is 21.5. The van der Waals surface area contributed by atoms with Gasteiger partial charge in [-0.1, -0.05) is 31.6 Å². The molecular weight excluding hydrogens is 426 g/mol. The summed E-state index contributed by atoms with van der Waals surface area (Å²) in [5.41, 5.74) is 0.559. The lowest BCUT2D eigenvalue weighted by atomic mass is 9.64. The largest absolute Gasteiger partial charge is 0.491 e. The molecule has 1 nitrogen and oxygen atoms in total.